The summed E-state index contributed by atoms with van der Waals surface area (Å²) in [6, 6.07) is 10.7. The highest BCUT2D eigenvalue weighted by Crippen LogP contribution is 2.39. The highest BCUT2D eigenvalue weighted by Gasteiger charge is 2.52. The Morgan fingerprint density at radius 1 is 1.05 bits per heavy atom. The molecule has 10 heteroatoms. The van der Waals surface area contributed by atoms with Crippen molar-refractivity contribution >= 4 is 17.7 Å². The number of carbonyl (C=O) groups is 3. The Morgan fingerprint density at radius 2 is 1.75 bits per heavy atom. The van der Waals surface area contributed by atoms with Crippen LogP contribution in [0.3, 0.4) is 0 Å². The van der Waals surface area contributed by atoms with E-state index < -0.39 is 41.4 Å². The fourth-order valence-corrected chi connectivity index (χ4v) is 4.83. The second kappa shape index (κ2) is 12.8. The van der Waals surface area contributed by atoms with Gasteiger partial charge in [-0.2, -0.15) is 0 Å². The minimum absolute atomic E-state index is 0.153. The molecule has 4 atom stereocenters. The van der Waals surface area contributed by atoms with Crippen molar-refractivity contribution in [3.8, 4) is 5.75 Å². The van der Waals surface area contributed by atoms with Gasteiger partial charge in [-0.05, 0) is 68.9 Å². The SMILES string of the molecule is C[C@@H]1CN[C@@H](C2(O)CC2)C(=O)N(C)[C@H](C)C(=O)N[C@H](Cc2ccc(F)cc2)C(=O)NCCCc2ccccc2O1. The van der Waals surface area contributed by atoms with Crippen LogP contribution in [-0.2, 0) is 27.2 Å². The minimum Gasteiger partial charge on any atom is -0.489 e. The molecule has 216 valence electrons. The number of hydrogen-bond acceptors (Lipinski definition) is 6. The zero-order chi connectivity index (χ0) is 28.9. The lowest BCUT2D eigenvalue weighted by Gasteiger charge is -2.32. The van der Waals surface area contributed by atoms with Crippen molar-refractivity contribution in [2.24, 2.45) is 0 Å². The van der Waals surface area contributed by atoms with Gasteiger partial charge in [0.2, 0.25) is 17.7 Å². The number of aliphatic hydroxyl groups is 1. The number of amides is 3. The van der Waals surface area contributed by atoms with E-state index in [2.05, 4.69) is 16.0 Å². The van der Waals surface area contributed by atoms with Gasteiger partial charge in [0, 0.05) is 26.6 Å². The Morgan fingerprint density at radius 3 is 2.45 bits per heavy atom. The third kappa shape index (κ3) is 7.37. The minimum atomic E-state index is -1.19. The van der Waals surface area contributed by atoms with E-state index in [0.717, 1.165) is 11.3 Å². The van der Waals surface area contributed by atoms with E-state index in [9.17, 15) is 23.9 Å². The number of hydrogen-bond donors (Lipinski definition) is 4. The molecule has 0 saturated heterocycles. The Kier molecular flexibility index (Phi) is 9.42. The smallest absolute Gasteiger partial charge is 0.243 e. The van der Waals surface area contributed by atoms with Crippen molar-refractivity contribution in [1.82, 2.24) is 20.9 Å². The summed E-state index contributed by atoms with van der Waals surface area (Å²) in [7, 11) is 1.51. The van der Waals surface area contributed by atoms with Crippen LogP contribution < -0.4 is 20.7 Å². The number of benzene rings is 2. The maximum atomic E-state index is 13.5. The van der Waals surface area contributed by atoms with E-state index in [1.54, 1.807) is 19.1 Å². The average Bonchev–Trinajstić information content (AvgIpc) is 3.68. The zero-order valence-electron chi connectivity index (χ0n) is 23.3. The van der Waals surface area contributed by atoms with Crippen molar-refractivity contribution in [2.75, 3.05) is 20.1 Å². The van der Waals surface area contributed by atoms with Gasteiger partial charge in [-0.15, -0.1) is 0 Å². The summed E-state index contributed by atoms with van der Waals surface area (Å²) in [5, 5.41) is 19.8. The van der Waals surface area contributed by atoms with E-state index >= 15 is 0 Å². The predicted octanol–water partition coefficient (Wildman–Crippen LogP) is 1.71. The fraction of sp³-hybridized carbons (Fsp3) is 0.500. The monoisotopic (exact) mass is 554 g/mol. The fourth-order valence-electron chi connectivity index (χ4n) is 4.83. The van der Waals surface area contributed by atoms with E-state index in [0.29, 0.717) is 44.3 Å². The summed E-state index contributed by atoms with van der Waals surface area (Å²) in [4.78, 5) is 41.3. The number of nitrogens with zero attached hydrogens (tertiary/aromatic N) is 1. The van der Waals surface area contributed by atoms with Crippen LogP contribution in [0.4, 0.5) is 4.39 Å². The molecule has 3 amide bonds. The Bertz CT molecular complexity index is 1200. The molecule has 0 radical (unpaired) electrons. The summed E-state index contributed by atoms with van der Waals surface area (Å²) in [6.45, 7) is 4.17. The third-order valence-electron chi connectivity index (χ3n) is 7.67. The lowest BCUT2D eigenvalue weighted by atomic mass is 10.0. The van der Waals surface area contributed by atoms with Gasteiger partial charge < -0.3 is 25.4 Å². The second-order valence-corrected chi connectivity index (χ2v) is 10.9. The first-order valence-corrected chi connectivity index (χ1v) is 13.9. The molecule has 1 saturated carbocycles. The van der Waals surface area contributed by atoms with Crippen LogP contribution in [-0.4, -0.2) is 77.7 Å². The number of fused-ring (bicyclic) bond motifs is 1. The standard InChI is InChI=1S/C30H39FN4O5/c1-19-18-33-26(30(39)14-15-30)29(38)35(3)20(2)27(36)34-24(17-21-10-12-23(31)13-11-21)28(37)32-16-6-8-22-7-4-5-9-25(22)40-19/h4-5,7,9-13,19-20,24,26,33,39H,6,8,14-18H2,1-3H3,(H,32,37)(H,34,36)/t19-,20-,24-,26-/m1/s1. The maximum Gasteiger partial charge on any atom is 0.243 e. The van der Waals surface area contributed by atoms with Gasteiger partial charge in [-0.1, -0.05) is 30.3 Å². The number of nitrogens with one attached hydrogen (secondary N) is 3. The molecule has 2 aliphatic rings. The van der Waals surface area contributed by atoms with Crippen LogP contribution >= 0.6 is 0 Å². The molecule has 0 bridgehead atoms. The van der Waals surface area contributed by atoms with Crippen LogP contribution in [0.5, 0.6) is 5.75 Å². The van der Waals surface area contributed by atoms with E-state index in [1.807, 2.05) is 31.2 Å². The molecular formula is C30H39FN4O5. The molecule has 1 aliphatic heterocycles. The van der Waals surface area contributed by atoms with Gasteiger partial charge in [0.1, 0.15) is 35.8 Å². The topological polar surface area (TPSA) is 120 Å². The lowest BCUT2D eigenvalue weighted by Crippen LogP contribution is -2.59. The van der Waals surface area contributed by atoms with Crippen molar-refractivity contribution in [2.45, 2.75) is 75.8 Å². The normalized spacial score (nSPS) is 26.4. The molecule has 1 heterocycles. The zero-order valence-corrected chi connectivity index (χ0v) is 23.3. The van der Waals surface area contributed by atoms with Crippen LogP contribution in [0.2, 0.25) is 0 Å². The average molecular weight is 555 g/mol. The largest absolute Gasteiger partial charge is 0.489 e. The summed E-state index contributed by atoms with van der Waals surface area (Å²) in [5.41, 5.74) is 0.481. The Balaban J connectivity index is 1.58. The molecular weight excluding hydrogens is 515 g/mol. The lowest BCUT2D eigenvalue weighted by molar-refractivity contribution is -0.143. The summed E-state index contributed by atoms with van der Waals surface area (Å²) >= 11 is 0. The number of ether oxygens (including phenoxy) is 1. The van der Waals surface area contributed by atoms with Gasteiger partial charge in [0.15, 0.2) is 0 Å². The molecule has 0 aromatic heterocycles. The third-order valence-corrected chi connectivity index (χ3v) is 7.67. The van der Waals surface area contributed by atoms with E-state index in [1.165, 1.54) is 24.1 Å². The first-order valence-electron chi connectivity index (χ1n) is 13.9. The quantitative estimate of drug-likeness (QED) is 0.459. The van der Waals surface area contributed by atoms with Crippen molar-refractivity contribution in [1.29, 1.82) is 0 Å². The molecule has 0 unspecified atom stereocenters. The molecule has 9 nitrogen and oxygen atoms in total. The number of carbonyl (C=O) groups excluding carboxylic acids is 3. The highest BCUT2D eigenvalue weighted by atomic mass is 19.1. The summed E-state index contributed by atoms with van der Waals surface area (Å²) in [6.07, 6.45) is 2.12. The second-order valence-electron chi connectivity index (χ2n) is 10.9. The predicted molar refractivity (Wildman–Crippen MR) is 148 cm³/mol. The van der Waals surface area contributed by atoms with Crippen molar-refractivity contribution in [3.05, 3.63) is 65.5 Å². The van der Waals surface area contributed by atoms with Crippen LogP contribution in [0, 0.1) is 5.82 Å². The number of rotatable bonds is 3. The molecule has 0 spiro atoms. The van der Waals surface area contributed by atoms with Gasteiger partial charge >= 0.3 is 0 Å². The first-order chi connectivity index (χ1) is 19.1. The molecule has 1 fully saturated rings. The Hall–Kier alpha value is -3.50. The Labute approximate surface area is 234 Å². The van der Waals surface area contributed by atoms with Crippen molar-refractivity contribution < 1.29 is 28.6 Å². The molecule has 4 rings (SSSR count). The molecule has 4 N–H and O–H groups in total. The van der Waals surface area contributed by atoms with Gasteiger partial charge in [0.05, 0.1) is 5.60 Å². The maximum absolute atomic E-state index is 13.5. The van der Waals surface area contributed by atoms with E-state index in [-0.39, 0.29) is 18.4 Å². The van der Waals surface area contributed by atoms with Crippen LogP contribution in [0.25, 0.3) is 0 Å². The van der Waals surface area contributed by atoms with Gasteiger partial charge in [0.25, 0.3) is 0 Å². The molecule has 2 aromatic carbocycles. The van der Waals surface area contributed by atoms with Crippen LogP contribution in [0.15, 0.2) is 48.5 Å². The number of likely N-dealkylation sites (N-methyl/N-ethyl adjacent to an activating group) is 1. The summed E-state index contributed by atoms with van der Waals surface area (Å²) < 4.78 is 19.6. The molecule has 2 aromatic rings. The summed E-state index contributed by atoms with van der Waals surface area (Å²) in [5.74, 6) is -0.966. The van der Waals surface area contributed by atoms with Crippen molar-refractivity contribution in [3.63, 3.8) is 0 Å². The van der Waals surface area contributed by atoms with E-state index in [4.69, 9.17) is 4.74 Å². The number of halogens is 1. The van der Waals surface area contributed by atoms with Gasteiger partial charge in [-0.25, -0.2) is 4.39 Å². The van der Waals surface area contributed by atoms with Gasteiger partial charge in [-0.3, -0.25) is 19.7 Å². The first kappa shape index (κ1) is 29.5. The number of para-hydroxylation sites is 1. The van der Waals surface area contributed by atoms with Crippen LogP contribution in [0.1, 0.15) is 44.2 Å². The number of aryl methyl sites for hydroxylation is 1. The highest BCUT2D eigenvalue weighted by molar-refractivity contribution is 5.93. The molecule has 40 heavy (non-hydrogen) atoms. The molecule has 1 aliphatic carbocycles.